The van der Waals surface area contributed by atoms with Crippen molar-refractivity contribution in [3.05, 3.63) is 60.3 Å². The van der Waals surface area contributed by atoms with Crippen LogP contribution in [0.5, 0.6) is 0 Å². The summed E-state index contributed by atoms with van der Waals surface area (Å²) in [7, 11) is 0. The van der Waals surface area contributed by atoms with Crippen molar-refractivity contribution >= 4 is 34.9 Å². The number of imidazole rings is 1. The van der Waals surface area contributed by atoms with Crippen molar-refractivity contribution in [3.8, 4) is 16.9 Å². The maximum absolute atomic E-state index is 15.8. The van der Waals surface area contributed by atoms with Gasteiger partial charge in [0.05, 0.1) is 23.1 Å². The lowest BCUT2D eigenvalue weighted by atomic mass is 10.1. The predicted molar refractivity (Wildman–Crippen MR) is 169 cm³/mol. The van der Waals surface area contributed by atoms with Gasteiger partial charge in [-0.2, -0.15) is 0 Å². The molecule has 5 heterocycles. The van der Waals surface area contributed by atoms with Gasteiger partial charge in [0.15, 0.2) is 5.65 Å². The van der Waals surface area contributed by atoms with Crippen LogP contribution in [0.1, 0.15) is 53.8 Å². The van der Waals surface area contributed by atoms with Gasteiger partial charge in [0.2, 0.25) is 0 Å². The number of ether oxygens (including phenoxy) is 2. The van der Waals surface area contributed by atoms with Gasteiger partial charge in [-0.15, -0.1) is 0 Å². The van der Waals surface area contributed by atoms with Crippen LogP contribution in [0.4, 0.5) is 25.5 Å². The minimum absolute atomic E-state index is 0.0144. The average Bonchev–Trinajstić information content (AvgIpc) is 3.63. The molecule has 3 aromatic heterocycles. The molecule has 2 amide bonds. The number of carbonyl (C=O) groups is 2. The second-order valence-electron chi connectivity index (χ2n) is 13.6. The molecule has 2 aliphatic rings. The molecule has 12 heteroatoms. The van der Waals surface area contributed by atoms with Crippen LogP contribution in [0, 0.1) is 12.7 Å². The van der Waals surface area contributed by atoms with E-state index in [1.807, 2.05) is 55.4 Å². The molecular weight excluding hydrogens is 577 g/mol. The Balaban J connectivity index is 1.24. The molecule has 0 spiro atoms. The van der Waals surface area contributed by atoms with Crippen LogP contribution in [-0.2, 0) is 9.47 Å². The molecule has 6 rings (SSSR count). The molecular formula is C33H38FN7O4. The highest BCUT2D eigenvalue weighted by Crippen LogP contribution is 2.37. The molecule has 11 nitrogen and oxygen atoms in total. The smallest absolute Gasteiger partial charge is 0.413 e. The molecule has 2 aliphatic heterocycles. The largest absolute Gasteiger partial charge is 0.444 e. The normalized spacial score (nSPS) is 18.0. The molecule has 2 fully saturated rings. The van der Waals surface area contributed by atoms with E-state index in [0.29, 0.717) is 53.0 Å². The summed E-state index contributed by atoms with van der Waals surface area (Å²) in [5.74, 6) is 0.640. The summed E-state index contributed by atoms with van der Waals surface area (Å²) in [5.41, 5.74) is 2.51. The number of hydrogen-bond donors (Lipinski definition) is 1. The number of aryl methyl sites for hydroxylation is 1. The van der Waals surface area contributed by atoms with E-state index in [2.05, 4.69) is 15.3 Å². The van der Waals surface area contributed by atoms with Gasteiger partial charge in [0.25, 0.3) is 0 Å². The lowest BCUT2D eigenvalue weighted by molar-refractivity contribution is 0.0214. The molecule has 2 saturated heterocycles. The third-order valence-corrected chi connectivity index (χ3v) is 7.72. The number of carbonyl (C=O) groups excluding carboxylic acids is 2. The number of nitrogens with one attached hydrogen (secondary N) is 1. The quantitative estimate of drug-likeness (QED) is 0.278. The lowest BCUT2D eigenvalue weighted by Crippen LogP contribution is -2.50. The number of amides is 2. The molecule has 0 saturated carbocycles. The molecule has 45 heavy (non-hydrogen) atoms. The highest BCUT2D eigenvalue weighted by Gasteiger charge is 2.47. The second-order valence-corrected chi connectivity index (χ2v) is 13.6. The van der Waals surface area contributed by atoms with Crippen LogP contribution < -0.4 is 10.2 Å². The van der Waals surface area contributed by atoms with E-state index in [0.717, 1.165) is 12.0 Å². The van der Waals surface area contributed by atoms with Crippen molar-refractivity contribution in [2.75, 3.05) is 23.3 Å². The number of aromatic nitrogens is 4. The van der Waals surface area contributed by atoms with Gasteiger partial charge in [-0.1, -0.05) is 0 Å². The summed E-state index contributed by atoms with van der Waals surface area (Å²) in [5, 5.41) is 2.66. The molecule has 0 radical (unpaired) electrons. The van der Waals surface area contributed by atoms with Gasteiger partial charge in [-0.3, -0.25) is 9.88 Å². The number of anilines is 2. The van der Waals surface area contributed by atoms with Gasteiger partial charge >= 0.3 is 12.2 Å². The van der Waals surface area contributed by atoms with Crippen molar-refractivity contribution in [2.24, 2.45) is 0 Å². The highest BCUT2D eigenvalue weighted by atomic mass is 19.1. The topological polar surface area (TPSA) is 115 Å². The van der Waals surface area contributed by atoms with Gasteiger partial charge in [0.1, 0.15) is 34.2 Å². The Morgan fingerprint density at radius 3 is 2.36 bits per heavy atom. The molecule has 0 unspecified atom stereocenters. The molecule has 1 N–H and O–H groups in total. The second kappa shape index (κ2) is 11.0. The summed E-state index contributed by atoms with van der Waals surface area (Å²) in [6, 6.07) is 12.4. The first-order chi connectivity index (χ1) is 21.1. The van der Waals surface area contributed by atoms with E-state index in [1.54, 1.807) is 50.1 Å². The summed E-state index contributed by atoms with van der Waals surface area (Å²) >= 11 is 0. The first kappa shape index (κ1) is 30.3. The molecule has 2 atom stereocenters. The zero-order valence-electron chi connectivity index (χ0n) is 26.6. The van der Waals surface area contributed by atoms with Crippen molar-refractivity contribution in [3.63, 3.8) is 0 Å². The number of rotatable bonds is 4. The minimum atomic E-state index is -0.640. The zero-order valence-corrected chi connectivity index (χ0v) is 26.6. The van der Waals surface area contributed by atoms with Crippen LogP contribution in [-0.4, -0.2) is 73.0 Å². The number of piperazine rings is 1. The van der Waals surface area contributed by atoms with Crippen LogP contribution in [0.15, 0.2) is 48.7 Å². The van der Waals surface area contributed by atoms with Gasteiger partial charge < -0.3 is 19.3 Å². The molecule has 4 aromatic rings. The number of nitrogens with zero attached hydrogens (tertiary/aromatic N) is 6. The van der Waals surface area contributed by atoms with E-state index < -0.39 is 17.3 Å². The number of hydrogen-bond acceptors (Lipinski definition) is 8. The van der Waals surface area contributed by atoms with Crippen LogP contribution in [0.25, 0.3) is 28.1 Å². The Hall–Kier alpha value is -4.74. The summed E-state index contributed by atoms with van der Waals surface area (Å²) in [6.45, 7) is 13.8. The monoisotopic (exact) mass is 615 g/mol. The van der Waals surface area contributed by atoms with Crippen LogP contribution in [0.3, 0.4) is 0 Å². The summed E-state index contributed by atoms with van der Waals surface area (Å²) in [4.78, 5) is 42.5. The van der Waals surface area contributed by atoms with Crippen molar-refractivity contribution in [1.29, 1.82) is 0 Å². The number of fused-ring (bicyclic) bond motifs is 3. The molecule has 0 aliphatic carbocycles. The minimum Gasteiger partial charge on any atom is -0.444 e. The van der Waals surface area contributed by atoms with E-state index in [1.165, 1.54) is 6.07 Å². The SMILES string of the molecule is Cc1nc2ccc(-c3ccnc(NC(=O)OC(C)(C)C)c3)nc2n1-c1ccc(N2C[C@@H]3C[C@H]2CN3C(=O)OC(C)(C)C)c(F)c1. The Labute approximate surface area is 261 Å². The fourth-order valence-electron chi connectivity index (χ4n) is 5.98. The number of halogens is 1. The van der Waals surface area contributed by atoms with Gasteiger partial charge in [-0.25, -0.2) is 28.9 Å². The first-order valence-corrected chi connectivity index (χ1v) is 15.0. The average molecular weight is 616 g/mol. The molecule has 1 aromatic carbocycles. The summed E-state index contributed by atoms with van der Waals surface area (Å²) < 4.78 is 28.5. The maximum atomic E-state index is 15.8. The van der Waals surface area contributed by atoms with Crippen LogP contribution >= 0.6 is 0 Å². The standard InChI is InChI=1S/C33H38FN7O4/c1-19-36-26-10-9-25(20-12-13-35-28(14-20)38-30(42)44-32(2,3)4)37-29(26)41(19)21-8-11-27(24(34)16-21)39-17-23-15-22(39)18-40(23)31(43)45-33(5,6)7/h8-14,16,22-23H,15,17-18H2,1-7H3,(H,35,38,42)/t22-,23-/m0/s1. The van der Waals surface area contributed by atoms with Crippen molar-refractivity contribution < 1.29 is 23.5 Å². The van der Waals surface area contributed by atoms with E-state index >= 15 is 4.39 Å². The maximum Gasteiger partial charge on any atom is 0.413 e. The third-order valence-electron chi connectivity index (χ3n) is 7.72. The van der Waals surface area contributed by atoms with Gasteiger partial charge in [-0.05, 0) is 91.3 Å². The fourth-order valence-corrected chi connectivity index (χ4v) is 5.98. The zero-order chi connectivity index (χ0) is 32.3. The third kappa shape index (κ3) is 6.27. The van der Waals surface area contributed by atoms with E-state index in [9.17, 15) is 9.59 Å². The van der Waals surface area contributed by atoms with E-state index in [-0.39, 0.29) is 24.0 Å². The first-order valence-electron chi connectivity index (χ1n) is 15.0. The van der Waals surface area contributed by atoms with E-state index in [4.69, 9.17) is 14.5 Å². The number of benzene rings is 1. The Kier molecular flexibility index (Phi) is 7.41. The fraction of sp³-hybridized carbons (Fsp3) is 0.424. The Morgan fingerprint density at radius 1 is 0.933 bits per heavy atom. The number of pyridine rings is 2. The van der Waals surface area contributed by atoms with Gasteiger partial charge in [0, 0.05) is 37.0 Å². The molecule has 2 bridgehead atoms. The number of likely N-dealkylation sites (tertiary alicyclic amines) is 1. The molecule has 236 valence electrons. The lowest BCUT2D eigenvalue weighted by Gasteiger charge is -2.36. The Bertz CT molecular complexity index is 1790. The van der Waals surface area contributed by atoms with Crippen LogP contribution in [0.2, 0.25) is 0 Å². The summed E-state index contributed by atoms with van der Waals surface area (Å²) in [6.07, 6.45) is 1.45. The van der Waals surface area contributed by atoms with Crippen molar-refractivity contribution in [1.82, 2.24) is 24.4 Å². The predicted octanol–water partition coefficient (Wildman–Crippen LogP) is 6.48. The van der Waals surface area contributed by atoms with Crippen molar-refractivity contribution in [2.45, 2.75) is 78.2 Å². The Morgan fingerprint density at radius 2 is 1.69 bits per heavy atom. The highest BCUT2D eigenvalue weighted by molar-refractivity contribution is 5.85.